The van der Waals surface area contributed by atoms with Gasteiger partial charge in [-0.3, -0.25) is 14.5 Å². The average Bonchev–Trinajstić information content (AvgIpc) is 3.17. The smallest absolute Gasteiger partial charge is 0.349 e. The van der Waals surface area contributed by atoms with E-state index >= 15 is 0 Å². The Kier molecular flexibility index (Phi) is 6.55. The van der Waals surface area contributed by atoms with Crippen LogP contribution in [0.25, 0.3) is 0 Å². The number of nitrogens with zero attached hydrogens (tertiary/aromatic N) is 1. The number of alkyl halides is 3. The fraction of sp³-hybridized carbons (Fsp3) is 0.538. The number of halogens is 3. The van der Waals surface area contributed by atoms with Gasteiger partial charge in [0, 0.05) is 31.5 Å². The summed E-state index contributed by atoms with van der Waals surface area (Å²) >= 11 is 1.77. The molecule has 0 radical (unpaired) electrons. The number of hydrogen-bond acceptors (Lipinski definition) is 4. The van der Waals surface area contributed by atoms with Crippen LogP contribution in [0.15, 0.2) is 41.1 Å². The molecule has 3 aliphatic rings. The first-order valence-corrected chi connectivity index (χ1v) is 13.0. The van der Waals surface area contributed by atoms with E-state index in [9.17, 15) is 22.8 Å². The van der Waals surface area contributed by atoms with Crippen molar-refractivity contribution in [2.45, 2.75) is 50.2 Å². The Labute approximate surface area is 201 Å². The predicted molar refractivity (Wildman–Crippen MR) is 125 cm³/mol. The van der Waals surface area contributed by atoms with E-state index in [1.165, 1.54) is 43.4 Å². The molecule has 2 saturated carbocycles. The summed E-state index contributed by atoms with van der Waals surface area (Å²) in [5.41, 5.74) is 1.02. The van der Waals surface area contributed by atoms with Crippen molar-refractivity contribution in [2.75, 3.05) is 19.6 Å². The Bertz CT molecular complexity index is 1020. The van der Waals surface area contributed by atoms with E-state index in [0.29, 0.717) is 29.4 Å². The first-order chi connectivity index (χ1) is 16.3. The number of piperidine rings is 1. The third-order valence-electron chi connectivity index (χ3n) is 7.87. The normalized spacial score (nSPS) is 29.0. The van der Waals surface area contributed by atoms with E-state index in [1.54, 1.807) is 11.3 Å². The number of likely N-dealkylation sites (tertiary alicyclic amines) is 1. The average molecular weight is 491 g/mol. The lowest BCUT2D eigenvalue weighted by Gasteiger charge is -2.35. The molecule has 2 aliphatic carbocycles. The molecule has 0 bridgehead atoms. The lowest BCUT2D eigenvalue weighted by molar-refractivity contribution is -0.137. The van der Waals surface area contributed by atoms with Crippen LogP contribution in [0.5, 0.6) is 0 Å². The minimum absolute atomic E-state index is 0.0280. The van der Waals surface area contributed by atoms with E-state index in [1.807, 2.05) is 0 Å². The van der Waals surface area contributed by atoms with Gasteiger partial charge in [0.25, 0.3) is 0 Å². The summed E-state index contributed by atoms with van der Waals surface area (Å²) in [6.45, 7) is 1.77. The number of amides is 1. The summed E-state index contributed by atoms with van der Waals surface area (Å²) in [4.78, 5) is 27.4. The largest absolute Gasteiger partial charge is 0.416 e. The van der Waals surface area contributed by atoms with Crippen molar-refractivity contribution in [3.8, 4) is 0 Å². The van der Waals surface area contributed by atoms with E-state index in [4.69, 9.17) is 0 Å². The molecule has 182 valence electrons. The van der Waals surface area contributed by atoms with Gasteiger partial charge in [-0.05, 0) is 77.5 Å². The Hall–Kier alpha value is -2.19. The summed E-state index contributed by atoms with van der Waals surface area (Å²) < 4.78 is 38.5. The highest BCUT2D eigenvalue weighted by Gasteiger charge is 2.60. The summed E-state index contributed by atoms with van der Waals surface area (Å²) in [6.07, 6.45) is 0.315. The highest BCUT2D eigenvalue weighted by molar-refractivity contribution is 7.08. The standard InChI is InChI=1S/C26H29F3N2O2S/c27-26(28,29)19-3-1-2-16(10-19)11-21(32)12-30-25(33)24-22-13-31(14-23(22)24)20-6-4-17(5-7-20)18-8-9-34-15-18/h1-3,8-10,15,17,20,22-24H,4-7,11-14H2,(H,30,33)/t17?,20?,22-,23+,24?. The first-order valence-electron chi connectivity index (χ1n) is 12.0. The molecule has 1 aromatic heterocycles. The van der Waals surface area contributed by atoms with Crippen molar-refractivity contribution in [2.24, 2.45) is 17.8 Å². The van der Waals surface area contributed by atoms with Gasteiger partial charge >= 0.3 is 6.18 Å². The fourth-order valence-corrected chi connectivity index (χ4v) is 6.72. The molecule has 5 rings (SSSR count). The second kappa shape index (κ2) is 9.46. The van der Waals surface area contributed by atoms with E-state index in [-0.39, 0.29) is 30.6 Å². The number of nitrogens with one attached hydrogen (secondary N) is 1. The number of rotatable bonds is 7. The number of benzene rings is 1. The van der Waals surface area contributed by atoms with Crippen molar-refractivity contribution in [1.29, 1.82) is 0 Å². The van der Waals surface area contributed by atoms with Gasteiger partial charge in [-0.15, -0.1) is 0 Å². The summed E-state index contributed by atoms with van der Waals surface area (Å²) in [5, 5.41) is 7.15. The number of fused-ring (bicyclic) bond motifs is 1. The lowest BCUT2D eigenvalue weighted by atomic mass is 9.82. The highest BCUT2D eigenvalue weighted by Crippen LogP contribution is 2.53. The van der Waals surface area contributed by atoms with Crippen LogP contribution in [-0.2, 0) is 22.2 Å². The topological polar surface area (TPSA) is 49.4 Å². The zero-order valence-corrected chi connectivity index (χ0v) is 19.7. The molecule has 8 heteroatoms. The van der Waals surface area contributed by atoms with E-state index < -0.39 is 11.7 Å². The Morgan fingerprint density at radius 1 is 1.06 bits per heavy atom. The number of carbonyl (C=O) groups is 2. The van der Waals surface area contributed by atoms with Crippen LogP contribution >= 0.6 is 11.3 Å². The minimum Gasteiger partial charge on any atom is -0.349 e. The molecule has 1 aromatic carbocycles. The van der Waals surface area contributed by atoms with E-state index in [0.717, 1.165) is 25.2 Å². The van der Waals surface area contributed by atoms with Gasteiger partial charge < -0.3 is 5.32 Å². The highest BCUT2D eigenvalue weighted by atomic mass is 32.1. The predicted octanol–water partition coefficient (Wildman–Crippen LogP) is 4.90. The van der Waals surface area contributed by atoms with Crippen LogP contribution in [0.3, 0.4) is 0 Å². The molecule has 2 aromatic rings. The molecule has 2 heterocycles. The van der Waals surface area contributed by atoms with Gasteiger partial charge in [0.15, 0.2) is 5.78 Å². The number of hydrogen-bond donors (Lipinski definition) is 1. The molecule has 3 fully saturated rings. The lowest BCUT2D eigenvalue weighted by Crippen LogP contribution is -2.40. The molecule has 1 N–H and O–H groups in total. The van der Waals surface area contributed by atoms with Crippen LogP contribution < -0.4 is 5.32 Å². The molecule has 3 atom stereocenters. The molecular formula is C26H29F3N2O2S. The van der Waals surface area contributed by atoms with E-state index in [2.05, 4.69) is 27.0 Å². The minimum atomic E-state index is -4.44. The maximum atomic E-state index is 12.8. The van der Waals surface area contributed by atoms with Crippen LogP contribution in [-0.4, -0.2) is 42.3 Å². The van der Waals surface area contributed by atoms with Crippen molar-refractivity contribution >= 4 is 23.0 Å². The zero-order chi connectivity index (χ0) is 23.9. The number of ketones is 1. The van der Waals surface area contributed by atoms with Gasteiger partial charge in [0.1, 0.15) is 0 Å². The molecular weight excluding hydrogens is 461 g/mol. The number of thiophene rings is 1. The molecule has 1 amide bonds. The Balaban J connectivity index is 1.03. The summed E-state index contributed by atoms with van der Waals surface area (Å²) in [6, 6.07) is 7.64. The molecule has 34 heavy (non-hydrogen) atoms. The first kappa shape index (κ1) is 23.5. The van der Waals surface area contributed by atoms with Crippen LogP contribution in [0.4, 0.5) is 13.2 Å². The maximum absolute atomic E-state index is 12.8. The molecule has 1 saturated heterocycles. The van der Waals surface area contributed by atoms with Gasteiger partial charge in [-0.1, -0.05) is 18.2 Å². The van der Waals surface area contributed by atoms with Crippen LogP contribution in [0, 0.1) is 17.8 Å². The summed E-state index contributed by atoms with van der Waals surface area (Å²) in [7, 11) is 0. The second-order valence-electron chi connectivity index (χ2n) is 10.0. The molecule has 1 aliphatic heterocycles. The maximum Gasteiger partial charge on any atom is 0.416 e. The monoisotopic (exact) mass is 490 g/mol. The molecule has 4 nitrogen and oxygen atoms in total. The van der Waals surface area contributed by atoms with Crippen LogP contribution in [0.1, 0.15) is 48.3 Å². The number of carbonyl (C=O) groups excluding carboxylic acids is 2. The Morgan fingerprint density at radius 2 is 1.79 bits per heavy atom. The van der Waals surface area contributed by atoms with Crippen molar-refractivity contribution in [3.05, 3.63) is 57.8 Å². The van der Waals surface area contributed by atoms with Crippen molar-refractivity contribution in [3.63, 3.8) is 0 Å². The van der Waals surface area contributed by atoms with Gasteiger partial charge in [0.2, 0.25) is 5.91 Å². The summed E-state index contributed by atoms with van der Waals surface area (Å²) in [5.74, 6) is 1.02. The Morgan fingerprint density at radius 3 is 2.44 bits per heavy atom. The van der Waals surface area contributed by atoms with Crippen LogP contribution in [0.2, 0.25) is 0 Å². The second-order valence-corrected chi connectivity index (χ2v) is 10.8. The number of Topliss-reactive ketones (excluding diaryl/α,β-unsaturated/α-hetero) is 1. The zero-order valence-electron chi connectivity index (χ0n) is 18.9. The van der Waals surface area contributed by atoms with Gasteiger partial charge in [-0.25, -0.2) is 0 Å². The molecule has 1 unspecified atom stereocenters. The third-order valence-corrected chi connectivity index (χ3v) is 8.57. The third kappa shape index (κ3) is 5.08. The quantitative estimate of drug-likeness (QED) is 0.601. The SMILES string of the molecule is O=C(CNC(=O)C1[C@H]2CN(C3CCC(c4ccsc4)CC3)C[C@@H]12)Cc1cccc(C(F)(F)F)c1. The van der Waals surface area contributed by atoms with Crippen molar-refractivity contribution in [1.82, 2.24) is 10.2 Å². The fourth-order valence-electron chi connectivity index (χ4n) is 5.98. The molecule has 0 spiro atoms. The van der Waals surface area contributed by atoms with Gasteiger partial charge in [0.05, 0.1) is 12.1 Å². The van der Waals surface area contributed by atoms with Gasteiger partial charge in [-0.2, -0.15) is 24.5 Å². The van der Waals surface area contributed by atoms with Crippen molar-refractivity contribution < 1.29 is 22.8 Å².